The molecule has 0 unspecified atom stereocenters. The molecule has 7 nitrogen and oxygen atoms in total. The topological polar surface area (TPSA) is 75.9 Å². The Labute approximate surface area is 154 Å². The third-order valence-electron chi connectivity index (χ3n) is 4.85. The molecular weight excluding hydrogens is 328 g/mol. The first-order valence-corrected chi connectivity index (χ1v) is 9.30. The molecule has 1 N–H and O–H groups in total. The number of hydrogen-bond acceptors (Lipinski definition) is 5. The number of hydrogen-bond donors (Lipinski definition) is 1. The number of likely N-dealkylation sites (tertiary alicyclic amines) is 1. The van der Waals surface area contributed by atoms with Gasteiger partial charge in [0.05, 0.1) is 6.20 Å². The molecule has 140 valence electrons. The van der Waals surface area contributed by atoms with Gasteiger partial charge in [-0.25, -0.2) is 4.68 Å². The first kappa shape index (κ1) is 18.5. The van der Waals surface area contributed by atoms with Crippen LogP contribution in [0.5, 0.6) is 0 Å². The summed E-state index contributed by atoms with van der Waals surface area (Å²) in [5.41, 5.74) is 3.62. The lowest BCUT2D eigenvalue weighted by atomic mass is 10.0. The predicted octanol–water partition coefficient (Wildman–Crippen LogP) is 1.95. The minimum absolute atomic E-state index is 0.00784. The molecule has 1 saturated heterocycles. The number of aryl methyl sites for hydroxylation is 2. The van der Waals surface area contributed by atoms with Crippen molar-refractivity contribution in [2.45, 2.75) is 59.2 Å². The van der Waals surface area contributed by atoms with Crippen LogP contribution in [0, 0.1) is 13.8 Å². The van der Waals surface area contributed by atoms with Crippen LogP contribution < -0.4 is 5.32 Å². The largest absolute Gasteiger partial charge is 0.352 e. The summed E-state index contributed by atoms with van der Waals surface area (Å²) < 4.78 is 1.60. The highest BCUT2D eigenvalue weighted by atomic mass is 16.2. The SMILES string of the molecule is Cc1cc(-c2cn(CC(=O)NC3CCN(C(C)C)CC3)nn2)cc(C)n1. The summed E-state index contributed by atoms with van der Waals surface area (Å²) in [4.78, 5) is 19.1. The van der Waals surface area contributed by atoms with E-state index in [1.807, 2.05) is 32.2 Å². The van der Waals surface area contributed by atoms with Crippen LogP contribution in [0.3, 0.4) is 0 Å². The smallest absolute Gasteiger partial charge is 0.242 e. The van der Waals surface area contributed by atoms with Gasteiger partial charge >= 0.3 is 0 Å². The van der Waals surface area contributed by atoms with Crippen molar-refractivity contribution in [2.24, 2.45) is 0 Å². The summed E-state index contributed by atoms with van der Waals surface area (Å²) in [6.45, 7) is 10.6. The number of carbonyl (C=O) groups excluding carboxylic acids is 1. The highest BCUT2D eigenvalue weighted by Crippen LogP contribution is 2.18. The predicted molar refractivity (Wildman–Crippen MR) is 101 cm³/mol. The Morgan fingerprint density at radius 2 is 1.88 bits per heavy atom. The Morgan fingerprint density at radius 1 is 1.23 bits per heavy atom. The van der Waals surface area contributed by atoms with E-state index in [-0.39, 0.29) is 18.5 Å². The summed E-state index contributed by atoms with van der Waals surface area (Å²) in [6.07, 6.45) is 3.82. The van der Waals surface area contributed by atoms with Crippen molar-refractivity contribution in [1.82, 2.24) is 30.2 Å². The van der Waals surface area contributed by atoms with Crippen LogP contribution in [0.15, 0.2) is 18.3 Å². The minimum Gasteiger partial charge on any atom is -0.352 e. The Kier molecular flexibility index (Phi) is 5.66. The van der Waals surface area contributed by atoms with Gasteiger partial charge in [-0.2, -0.15) is 0 Å². The van der Waals surface area contributed by atoms with E-state index < -0.39 is 0 Å². The number of pyridine rings is 1. The maximum atomic E-state index is 12.3. The molecule has 2 aromatic heterocycles. The van der Waals surface area contributed by atoms with Crippen LogP contribution in [0.25, 0.3) is 11.3 Å². The van der Waals surface area contributed by atoms with E-state index >= 15 is 0 Å². The quantitative estimate of drug-likeness (QED) is 0.886. The van der Waals surface area contributed by atoms with Gasteiger partial charge in [0.15, 0.2) is 0 Å². The normalized spacial score (nSPS) is 16.2. The molecule has 7 heteroatoms. The molecule has 1 aliphatic heterocycles. The third kappa shape index (κ3) is 4.66. The Morgan fingerprint density at radius 3 is 2.50 bits per heavy atom. The second kappa shape index (κ2) is 7.95. The summed E-state index contributed by atoms with van der Waals surface area (Å²) >= 11 is 0. The van der Waals surface area contributed by atoms with Gasteiger partial charge in [0.2, 0.25) is 5.91 Å². The molecule has 0 aromatic carbocycles. The van der Waals surface area contributed by atoms with E-state index in [4.69, 9.17) is 0 Å². The Balaban J connectivity index is 1.55. The second-order valence-electron chi connectivity index (χ2n) is 7.41. The molecule has 3 rings (SSSR count). The molecule has 1 aliphatic rings. The molecule has 0 saturated carbocycles. The maximum absolute atomic E-state index is 12.3. The van der Waals surface area contributed by atoms with Gasteiger partial charge in [-0.15, -0.1) is 5.10 Å². The van der Waals surface area contributed by atoms with Gasteiger partial charge in [-0.05, 0) is 52.7 Å². The molecule has 0 radical (unpaired) electrons. The molecule has 1 amide bonds. The number of nitrogens with zero attached hydrogens (tertiary/aromatic N) is 5. The number of carbonyl (C=O) groups is 1. The van der Waals surface area contributed by atoms with Crippen LogP contribution in [0.4, 0.5) is 0 Å². The molecule has 3 heterocycles. The fraction of sp³-hybridized carbons (Fsp3) is 0.579. The van der Waals surface area contributed by atoms with Crippen LogP contribution in [0.2, 0.25) is 0 Å². The zero-order valence-electron chi connectivity index (χ0n) is 16.1. The first-order valence-electron chi connectivity index (χ1n) is 9.30. The molecule has 0 aliphatic carbocycles. The standard InChI is InChI=1S/C19H28N6O/c1-13(2)24-7-5-17(6-8-24)21-19(26)12-25-11-18(22-23-25)16-9-14(3)20-15(4)10-16/h9-11,13,17H,5-8,12H2,1-4H3,(H,21,26). The van der Waals surface area contributed by atoms with Crippen molar-refractivity contribution >= 4 is 5.91 Å². The Bertz CT molecular complexity index is 741. The highest BCUT2D eigenvalue weighted by molar-refractivity contribution is 5.76. The van der Waals surface area contributed by atoms with Crippen molar-refractivity contribution in [3.8, 4) is 11.3 Å². The van der Waals surface area contributed by atoms with Crippen LogP contribution in [-0.2, 0) is 11.3 Å². The van der Waals surface area contributed by atoms with Gasteiger partial charge in [-0.3, -0.25) is 9.78 Å². The van der Waals surface area contributed by atoms with Crippen molar-refractivity contribution in [1.29, 1.82) is 0 Å². The van der Waals surface area contributed by atoms with E-state index in [0.29, 0.717) is 6.04 Å². The van der Waals surface area contributed by atoms with Crippen molar-refractivity contribution < 1.29 is 4.79 Å². The summed E-state index contributed by atoms with van der Waals surface area (Å²) in [5.74, 6) is -0.00784. The van der Waals surface area contributed by atoms with Crippen LogP contribution in [0.1, 0.15) is 38.1 Å². The van der Waals surface area contributed by atoms with Gasteiger partial charge in [0, 0.05) is 42.1 Å². The van der Waals surface area contributed by atoms with Crippen LogP contribution in [-0.4, -0.2) is 56.0 Å². The van der Waals surface area contributed by atoms with E-state index in [1.165, 1.54) is 0 Å². The summed E-state index contributed by atoms with van der Waals surface area (Å²) in [5, 5.41) is 11.4. The maximum Gasteiger partial charge on any atom is 0.242 e. The summed E-state index contributed by atoms with van der Waals surface area (Å²) in [7, 11) is 0. The van der Waals surface area contributed by atoms with E-state index in [2.05, 4.69) is 39.4 Å². The van der Waals surface area contributed by atoms with Crippen LogP contribution >= 0.6 is 0 Å². The average Bonchev–Trinajstić information content (AvgIpc) is 3.02. The number of rotatable bonds is 5. The lowest BCUT2D eigenvalue weighted by molar-refractivity contribution is -0.122. The molecule has 1 fully saturated rings. The molecule has 0 spiro atoms. The zero-order chi connectivity index (χ0) is 18.7. The van der Waals surface area contributed by atoms with E-state index in [1.54, 1.807) is 4.68 Å². The molecular formula is C19H28N6O. The van der Waals surface area contributed by atoms with Gasteiger partial charge < -0.3 is 10.2 Å². The van der Waals surface area contributed by atoms with E-state index in [0.717, 1.165) is 48.6 Å². The fourth-order valence-electron chi connectivity index (χ4n) is 3.47. The second-order valence-corrected chi connectivity index (χ2v) is 7.41. The Hall–Kier alpha value is -2.28. The lowest BCUT2D eigenvalue weighted by Gasteiger charge is -2.34. The average molecular weight is 356 g/mol. The molecule has 0 bridgehead atoms. The third-order valence-corrected chi connectivity index (χ3v) is 4.85. The number of nitrogens with one attached hydrogen (secondary N) is 1. The number of piperidine rings is 1. The van der Waals surface area contributed by atoms with E-state index in [9.17, 15) is 4.79 Å². The molecule has 0 atom stereocenters. The fourth-order valence-corrected chi connectivity index (χ4v) is 3.47. The van der Waals surface area contributed by atoms with Crippen molar-refractivity contribution in [3.05, 3.63) is 29.7 Å². The zero-order valence-corrected chi connectivity index (χ0v) is 16.1. The van der Waals surface area contributed by atoms with Crippen molar-refractivity contribution in [3.63, 3.8) is 0 Å². The number of amides is 1. The van der Waals surface area contributed by atoms with Gasteiger partial charge in [0.25, 0.3) is 0 Å². The highest BCUT2D eigenvalue weighted by Gasteiger charge is 2.22. The molecule has 2 aromatic rings. The summed E-state index contributed by atoms with van der Waals surface area (Å²) in [6, 6.07) is 4.78. The number of aromatic nitrogens is 4. The van der Waals surface area contributed by atoms with Crippen molar-refractivity contribution in [2.75, 3.05) is 13.1 Å². The molecule has 26 heavy (non-hydrogen) atoms. The van der Waals surface area contributed by atoms with Gasteiger partial charge in [0.1, 0.15) is 12.2 Å². The first-order chi connectivity index (χ1) is 12.4. The van der Waals surface area contributed by atoms with Gasteiger partial charge in [-0.1, -0.05) is 5.21 Å². The monoisotopic (exact) mass is 356 g/mol. The lowest BCUT2D eigenvalue weighted by Crippen LogP contribution is -2.47. The minimum atomic E-state index is -0.00784.